The van der Waals surface area contributed by atoms with Crippen molar-refractivity contribution < 1.29 is 50.4 Å². The van der Waals surface area contributed by atoms with Crippen molar-refractivity contribution in [2.24, 2.45) is 5.92 Å². The first-order chi connectivity index (χ1) is 44.3. The van der Waals surface area contributed by atoms with Crippen LogP contribution < -0.4 is 0 Å². The first kappa shape index (κ1) is 78.7. The summed E-state index contributed by atoms with van der Waals surface area (Å²) in [7, 11) is -6.02. The van der Waals surface area contributed by atoms with Gasteiger partial charge in [-0.3, -0.25) is 0 Å². The molecule has 11 rings (SSSR count). The number of carbonyl (C=O) groups excluding carboxylic acids is 1. The van der Waals surface area contributed by atoms with Gasteiger partial charge in [-0.2, -0.15) is 11.8 Å². The van der Waals surface area contributed by atoms with E-state index in [9.17, 15) is 26.7 Å². The summed E-state index contributed by atoms with van der Waals surface area (Å²) in [5.41, 5.74) is 7.08. The summed E-state index contributed by atoms with van der Waals surface area (Å²) in [6, 6.07) is 46.4. The van der Waals surface area contributed by atoms with E-state index in [1.807, 2.05) is 128 Å². The van der Waals surface area contributed by atoms with Gasteiger partial charge in [-0.15, -0.1) is 0 Å². The van der Waals surface area contributed by atoms with Crippen LogP contribution in [-0.2, 0) is 86.7 Å². The minimum absolute atomic E-state index is 0.0142. The molecular weight excluding hydrogens is 1360 g/mol. The van der Waals surface area contributed by atoms with Crippen LogP contribution in [0.5, 0.6) is 0 Å². The molecule has 5 heterocycles. The Morgan fingerprint density at radius 2 is 0.796 bits per heavy atom. The molecule has 10 atom stereocenters. The number of rotatable bonds is 15. The lowest BCUT2D eigenvalue weighted by Crippen LogP contribution is -2.44. The normalized spacial score (nSPS) is 24.6. The van der Waals surface area contributed by atoms with Gasteiger partial charge in [0.15, 0.2) is 9.84 Å². The second kappa shape index (κ2) is 40.6. The van der Waals surface area contributed by atoms with Crippen LogP contribution in [-0.4, -0.2) is 132 Å². The number of benzene rings is 6. The first-order valence-electron chi connectivity index (χ1n) is 31.9. The summed E-state index contributed by atoms with van der Waals surface area (Å²) in [5.74, 6) is 0.802. The van der Waals surface area contributed by atoms with E-state index in [1.54, 1.807) is 12.1 Å². The van der Waals surface area contributed by atoms with E-state index < -0.39 is 24.4 Å². The average Bonchev–Trinajstić information content (AvgIpc) is 0.863. The second-order valence-electron chi connectivity index (χ2n) is 25.0. The molecule has 93 heavy (non-hydrogen) atoms. The maximum Gasteiger partial charge on any atom is 0.153 e. The molecular formula is C73H92Cl6O11S3. The molecule has 510 valence electrons. The Morgan fingerprint density at radius 1 is 0.462 bits per heavy atom. The van der Waals surface area contributed by atoms with Gasteiger partial charge in [-0.05, 0) is 222 Å². The molecule has 6 aromatic carbocycles. The van der Waals surface area contributed by atoms with Crippen LogP contribution in [0.2, 0.25) is 30.1 Å². The lowest BCUT2D eigenvalue weighted by Gasteiger charge is -2.36. The molecule has 5 saturated heterocycles. The van der Waals surface area contributed by atoms with Crippen molar-refractivity contribution in [3.05, 3.63) is 209 Å². The zero-order chi connectivity index (χ0) is 67.4. The maximum absolute atomic E-state index is 11.9. The first-order valence-corrected chi connectivity index (χ1v) is 39.3. The highest BCUT2D eigenvalue weighted by molar-refractivity contribution is 7.99. The van der Waals surface area contributed by atoms with Crippen molar-refractivity contribution >= 4 is 107 Å². The van der Waals surface area contributed by atoms with Gasteiger partial charge in [0.05, 0.1) is 46.6 Å². The van der Waals surface area contributed by atoms with E-state index >= 15 is 0 Å². The van der Waals surface area contributed by atoms with Crippen LogP contribution in [0.4, 0.5) is 0 Å². The van der Waals surface area contributed by atoms with E-state index in [2.05, 4.69) is 37.4 Å². The fraction of sp³-hybridized carbons (Fsp3) is 0.493. The van der Waals surface area contributed by atoms with Crippen LogP contribution in [0.1, 0.15) is 111 Å². The van der Waals surface area contributed by atoms with Crippen LogP contribution in [0.25, 0.3) is 0 Å². The minimum atomic E-state index is -3.06. The Kier molecular flexibility index (Phi) is 34.4. The summed E-state index contributed by atoms with van der Waals surface area (Å²) in [4.78, 5) is 10.0. The quantitative estimate of drug-likeness (QED) is 0.0974. The van der Waals surface area contributed by atoms with Gasteiger partial charge >= 0.3 is 0 Å². The molecule has 0 radical (unpaired) electrons. The van der Waals surface area contributed by atoms with E-state index in [4.69, 9.17) is 93.3 Å². The third-order valence-corrected chi connectivity index (χ3v) is 23.6. The summed E-state index contributed by atoms with van der Waals surface area (Å²) in [6.45, 7) is 7.64. The van der Waals surface area contributed by atoms with E-state index in [0.717, 1.165) is 107 Å². The van der Waals surface area contributed by atoms with Crippen LogP contribution in [0, 0.1) is 5.92 Å². The fourth-order valence-electron chi connectivity index (χ4n) is 11.5. The van der Waals surface area contributed by atoms with Crippen molar-refractivity contribution in [2.75, 3.05) is 51.8 Å². The van der Waals surface area contributed by atoms with Crippen molar-refractivity contribution in [2.45, 2.75) is 168 Å². The summed E-state index contributed by atoms with van der Waals surface area (Å²) in [6.07, 6.45) is 19.7. The Labute approximate surface area is 588 Å². The predicted octanol–water partition coefficient (Wildman–Crippen LogP) is 17.3. The van der Waals surface area contributed by atoms with E-state index in [-0.39, 0.29) is 29.7 Å². The molecule has 20 heteroatoms. The molecule has 5 aliphatic heterocycles. The molecule has 0 bridgehead atoms. The Hall–Kier alpha value is -3.26. The number of hydrogen-bond donors (Lipinski definition) is 1. The fourth-order valence-corrected chi connectivity index (χ4v) is 15.0. The maximum atomic E-state index is 11.9. The number of thioether (sulfide) groups is 1. The molecule has 6 aromatic rings. The van der Waals surface area contributed by atoms with Crippen molar-refractivity contribution in [1.82, 2.24) is 0 Å². The topological polar surface area (TPSA) is 152 Å². The zero-order valence-electron chi connectivity index (χ0n) is 54.0. The van der Waals surface area contributed by atoms with Crippen LogP contribution in [0.3, 0.4) is 0 Å². The van der Waals surface area contributed by atoms with E-state index in [1.165, 1.54) is 54.9 Å². The Balaban J connectivity index is 0.000000179. The van der Waals surface area contributed by atoms with Crippen molar-refractivity contribution in [3.8, 4) is 0 Å². The third kappa shape index (κ3) is 30.2. The standard InChI is InChI=1S/C14H19ClO3S.C13H17ClO3S.C13H17ClOS.C13H17ClO.C12H15ClO2.C8H7ClO/c1-14(19(2,16)17)7-8-18-13(10-14)9-11-3-5-12(15)6-4-11;1-18(15,16)13-6-7-17-12(9-13)8-10-2-4-11(14)5-3-10;1-16-13-6-7-15-12(9-13)8-10-2-4-11(14)5-3-10;1-10-6-7-15-13(8-10)9-11-2-4-12(14)5-3-11;13-10-3-1-9(2-4-10)7-12-8-11(14)5-6-15-12;9-8-3-1-7(2-4-8)5-6-10/h3-6,13H,7-10H2,1-2H3;2-5,12-13H,6-9H2,1H3;2-5,12-13H,6-9H2,1H3;2-5,10,13H,6-9H2,1H3;1-4,11-12,14H,5-8H2;1-4,6H,5H2. The van der Waals surface area contributed by atoms with Gasteiger partial charge in [0.1, 0.15) is 16.1 Å². The molecule has 0 saturated carbocycles. The average molecular weight is 1450 g/mol. The van der Waals surface area contributed by atoms with Crippen LogP contribution >= 0.6 is 81.4 Å². The molecule has 5 fully saturated rings. The minimum Gasteiger partial charge on any atom is -0.393 e. The van der Waals surface area contributed by atoms with Gasteiger partial charge in [-0.25, -0.2) is 16.8 Å². The smallest absolute Gasteiger partial charge is 0.153 e. The number of carbonyl (C=O) groups is 1. The Morgan fingerprint density at radius 3 is 1.16 bits per heavy atom. The highest BCUT2D eigenvalue weighted by Crippen LogP contribution is 2.34. The number of aldehydes is 1. The van der Waals surface area contributed by atoms with Gasteiger partial charge < -0.3 is 33.6 Å². The zero-order valence-corrected chi connectivity index (χ0v) is 61.0. The lowest BCUT2D eigenvalue weighted by atomic mass is 9.93. The van der Waals surface area contributed by atoms with Gasteiger partial charge in [-0.1, -0.05) is 149 Å². The SMILES string of the molecule is CC1(S(C)(=O)=O)CCOC(Cc2ccc(Cl)cc2)C1.CC1CCOC(Cc2ccc(Cl)cc2)C1.CS(=O)(=O)C1CCOC(Cc2ccc(Cl)cc2)C1.CSC1CCOC(Cc2ccc(Cl)cc2)C1.O=CCc1ccc(Cl)cc1.OC1CCOC(Cc2ccc(Cl)cc2)C1. The van der Waals surface area contributed by atoms with Gasteiger partial charge in [0.2, 0.25) is 0 Å². The summed E-state index contributed by atoms with van der Waals surface area (Å²) < 4.78 is 74.7. The summed E-state index contributed by atoms with van der Waals surface area (Å²) >= 11 is 36.8. The molecule has 11 nitrogen and oxygen atoms in total. The molecule has 0 spiro atoms. The lowest BCUT2D eigenvalue weighted by molar-refractivity contribution is -0.107. The van der Waals surface area contributed by atoms with Crippen LogP contribution in [0.15, 0.2) is 146 Å². The number of aliphatic hydroxyl groups is 1. The predicted molar refractivity (Wildman–Crippen MR) is 386 cm³/mol. The van der Waals surface area contributed by atoms with Crippen molar-refractivity contribution in [3.63, 3.8) is 0 Å². The molecule has 1 N–H and O–H groups in total. The molecule has 0 aromatic heterocycles. The molecule has 10 unspecified atom stereocenters. The highest BCUT2D eigenvalue weighted by atomic mass is 35.5. The van der Waals surface area contributed by atoms with Crippen molar-refractivity contribution in [1.29, 1.82) is 0 Å². The third-order valence-electron chi connectivity index (χ3n) is 17.2. The number of halogens is 6. The number of aliphatic hydroxyl groups excluding tert-OH is 1. The van der Waals surface area contributed by atoms with Gasteiger partial charge in [0, 0.05) is 87.4 Å². The Bertz CT molecular complexity index is 3270. The number of ether oxygens (including phenoxy) is 5. The second-order valence-corrected chi connectivity index (χ2v) is 33.6. The monoisotopic (exact) mass is 1450 g/mol. The number of sulfone groups is 2. The molecule has 0 amide bonds. The molecule has 0 aliphatic carbocycles. The molecule has 5 aliphatic rings. The number of hydrogen-bond acceptors (Lipinski definition) is 12. The summed E-state index contributed by atoms with van der Waals surface area (Å²) in [5, 5.41) is 14.5. The highest BCUT2D eigenvalue weighted by Gasteiger charge is 2.41. The van der Waals surface area contributed by atoms with E-state index in [0.29, 0.717) is 79.2 Å². The largest absolute Gasteiger partial charge is 0.393 e. The van der Waals surface area contributed by atoms with Gasteiger partial charge in [0.25, 0.3) is 0 Å².